The van der Waals surface area contributed by atoms with Gasteiger partial charge in [-0.15, -0.1) is 0 Å². The van der Waals surface area contributed by atoms with Gasteiger partial charge in [0.2, 0.25) is 11.8 Å². The molecule has 2 atom stereocenters. The lowest BCUT2D eigenvalue weighted by molar-refractivity contribution is -0.143. The number of carbonyl (C=O) groups excluding carboxylic acids is 3. The second-order valence-electron chi connectivity index (χ2n) is 7.80. The molecule has 0 heterocycles. The zero-order valence-electron chi connectivity index (χ0n) is 19.2. The van der Waals surface area contributed by atoms with Gasteiger partial charge in [-0.3, -0.25) is 24.6 Å². The quantitative estimate of drug-likeness (QED) is 0.146. The number of hydrogen-bond donors (Lipinski definition) is 7. The molecule has 36 heavy (non-hydrogen) atoms. The molecule has 0 aliphatic rings. The molecule has 12 heteroatoms. The number of benzene rings is 2. The van der Waals surface area contributed by atoms with Crippen molar-refractivity contribution < 1.29 is 34.2 Å². The van der Waals surface area contributed by atoms with Gasteiger partial charge in [0.1, 0.15) is 17.9 Å². The fraction of sp³-hybridized carbons (Fsp3) is 0.250. The van der Waals surface area contributed by atoms with E-state index in [0.29, 0.717) is 11.1 Å². The van der Waals surface area contributed by atoms with E-state index >= 15 is 0 Å². The van der Waals surface area contributed by atoms with Crippen LogP contribution in [-0.2, 0) is 25.6 Å². The van der Waals surface area contributed by atoms with E-state index in [-0.39, 0.29) is 30.8 Å². The van der Waals surface area contributed by atoms with Crippen molar-refractivity contribution in [2.24, 2.45) is 5.73 Å². The molecule has 8 N–H and O–H groups in total. The van der Waals surface area contributed by atoms with E-state index in [1.165, 1.54) is 24.3 Å². The van der Waals surface area contributed by atoms with Crippen LogP contribution in [-0.4, -0.2) is 64.3 Å². The minimum Gasteiger partial charge on any atom is -0.481 e. The summed E-state index contributed by atoms with van der Waals surface area (Å²) in [6, 6.07) is 11.6. The smallest absolute Gasteiger partial charge is 0.326 e. The molecule has 0 saturated heterocycles. The van der Waals surface area contributed by atoms with Gasteiger partial charge in [-0.25, -0.2) is 4.79 Å². The van der Waals surface area contributed by atoms with Gasteiger partial charge >= 0.3 is 11.9 Å². The standard InChI is InChI=1S/C24H27N5O7/c25-21(26)15-6-8-16(9-7-15)22(33)27-11-10-19(30)28-17(13-20(31)32)23(34)29-18(24(35)36)12-14-4-2-1-3-5-14/h1-9,17-18H,10-13H2,(H3,25,26)(H,27,33)(H,28,30)(H,29,34)(H,31,32)(H,35,36)/t17?,18-/m0/s1. The van der Waals surface area contributed by atoms with Crippen molar-refractivity contribution in [3.8, 4) is 0 Å². The third kappa shape index (κ3) is 8.89. The molecule has 0 saturated carbocycles. The lowest BCUT2D eigenvalue weighted by atomic mass is 10.1. The molecule has 1 unspecified atom stereocenters. The number of carbonyl (C=O) groups is 5. The fourth-order valence-electron chi connectivity index (χ4n) is 3.17. The number of amides is 3. The van der Waals surface area contributed by atoms with Crippen molar-refractivity contribution in [1.29, 1.82) is 5.41 Å². The molecule has 0 bridgehead atoms. The van der Waals surface area contributed by atoms with E-state index in [1.54, 1.807) is 30.3 Å². The molecule has 12 nitrogen and oxygen atoms in total. The third-order valence-corrected chi connectivity index (χ3v) is 5.02. The summed E-state index contributed by atoms with van der Waals surface area (Å²) in [6.07, 6.45) is -1.05. The van der Waals surface area contributed by atoms with Crippen LogP contribution >= 0.6 is 0 Å². The van der Waals surface area contributed by atoms with Crippen LogP contribution in [0, 0.1) is 5.41 Å². The SMILES string of the molecule is N=C(N)c1ccc(C(=O)NCCC(=O)NC(CC(=O)O)C(=O)N[C@@H](Cc2ccccc2)C(=O)O)cc1. The Hall–Kier alpha value is -4.74. The molecule has 2 rings (SSSR count). The highest BCUT2D eigenvalue weighted by atomic mass is 16.4. The largest absolute Gasteiger partial charge is 0.481 e. The summed E-state index contributed by atoms with van der Waals surface area (Å²) in [5, 5.41) is 33.0. The van der Waals surface area contributed by atoms with Crippen molar-refractivity contribution in [3.63, 3.8) is 0 Å². The molecular weight excluding hydrogens is 470 g/mol. The number of carboxylic acids is 2. The van der Waals surface area contributed by atoms with Crippen molar-refractivity contribution in [2.45, 2.75) is 31.3 Å². The lowest BCUT2D eigenvalue weighted by Gasteiger charge is -2.20. The third-order valence-electron chi connectivity index (χ3n) is 5.02. The van der Waals surface area contributed by atoms with Gasteiger partial charge in [-0.2, -0.15) is 0 Å². The summed E-state index contributed by atoms with van der Waals surface area (Å²) in [5.41, 5.74) is 6.74. The van der Waals surface area contributed by atoms with Gasteiger partial charge in [0.25, 0.3) is 5.91 Å². The van der Waals surface area contributed by atoms with E-state index in [0.717, 1.165) is 0 Å². The highest BCUT2D eigenvalue weighted by Gasteiger charge is 2.28. The predicted molar refractivity (Wildman–Crippen MR) is 128 cm³/mol. The molecule has 0 aliphatic heterocycles. The van der Waals surface area contributed by atoms with Gasteiger partial charge in [-0.1, -0.05) is 42.5 Å². The summed E-state index contributed by atoms with van der Waals surface area (Å²) >= 11 is 0. The first-order valence-corrected chi connectivity index (χ1v) is 10.9. The molecule has 190 valence electrons. The minimum absolute atomic E-state index is 0.0327. The highest BCUT2D eigenvalue weighted by molar-refractivity contribution is 5.98. The molecular formula is C24H27N5O7. The Kier molecular flexibility index (Phi) is 10.1. The van der Waals surface area contributed by atoms with E-state index in [4.69, 9.17) is 16.2 Å². The summed E-state index contributed by atoms with van der Waals surface area (Å²) in [5.74, 6) is -4.97. The number of aliphatic carboxylic acids is 2. The maximum absolute atomic E-state index is 12.6. The maximum atomic E-state index is 12.6. The van der Waals surface area contributed by atoms with Crippen molar-refractivity contribution in [2.75, 3.05) is 6.54 Å². The van der Waals surface area contributed by atoms with Gasteiger partial charge in [0.15, 0.2) is 0 Å². The number of nitrogens with one attached hydrogen (secondary N) is 4. The highest BCUT2D eigenvalue weighted by Crippen LogP contribution is 2.06. The first kappa shape index (κ1) is 27.5. The Morgan fingerprint density at radius 2 is 1.47 bits per heavy atom. The average molecular weight is 498 g/mol. The molecule has 2 aromatic carbocycles. The van der Waals surface area contributed by atoms with Crippen LogP contribution in [0.2, 0.25) is 0 Å². The van der Waals surface area contributed by atoms with Crippen molar-refractivity contribution in [1.82, 2.24) is 16.0 Å². The first-order chi connectivity index (χ1) is 17.1. The summed E-state index contributed by atoms with van der Waals surface area (Å²) in [6.45, 7) is -0.105. The Bertz CT molecular complexity index is 1120. The summed E-state index contributed by atoms with van der Waals surface area (Å²) in [7, 11) is 0. The Balaban J connectivity index is 1.92. The van der Waals surface area contributed by atoms with Crippen LogP contribution in [0.1, 0.15) is 34.3 Å². The van der Waals surface area contributed by atoms with Gasteiger partial charge in [0, 0.05) is 30.5 Å². The number of nitrogens with two attached hydrogens (primary N) is 1. The zero-order valence-corrected chi connectivity index (χ0v) is 19.2. The number of carboxylic acid groups (broad SMARTS) is 2. The van der Waals surface area contributed by atoms with E-state index in [9.17, 15) is 29.1 Å². The maximum Gasteiger partial charge on any atom is 0.326 e. The second kappa shape index (κ2) is 13.2. The van der Waals surface area contributed by atoms with Crippen molar-refractivity contribution >= 4 is 35.5 Å². The summed E-state index contributed by atoms with van der Waals surface area (Å²) < 4.78 is 0. The van der Waals surface area contributed by atoms with E-state index < -0.39 is 48.2 Å². The van der Waals surface area contributed by atoms with Gasteiger partial charge in [0.05, 0.1) is 6.42 Å². The minimum atomic E-state index is -1.51. The monoisotopic (exact) mass is 497 g/mol. The molecule has 2 aromatic rings. The molecule has 0 aromatic heterocycles. The van der Waals surface area contributed by atoms with Crippen molar-refractivity contribution in [3.05, 3.63) is 71.3 Å². The first-order valence-electron chi connectivity index (χ1n) is 10.9. The zero-order chi connectivity index (χ0) is 26.7. The lowest BCUT2D eigenvalue weighted by Crippen LogP contribution is -2.53. The van der Waals surface area contributed by atoms with Crippen LogP contribution in [0.5, 0.6) is 0 Å². The normalized spacial score (nSPS) is 12.0. The van der Waals surface area contributed by atoms with E-state index in [1.807, 2.05) is 0 Å². The Morgan fingerprint density at radius 1 is 0.861 bits per heavy atom. The van der Waals surface area contributed by atoms with Crippen LogP contribution in [0.4, 0.5) is 0 Å². The second-order valence-corrected chi connectivity index (χ2v) is 7.80. The predicted octanol–water partition coefficient (Wildman–Crippen LogP) is -0.138. The number of nitrogen functional groups attached to an aromatic ring is 1. The Labute approximate surface area is 206 Å². The van der Waals surface area contributed by atoms with Crippen LogP contribution in [0.25, 0.3) is 0 Å². The molecule has 0 radical (unpaired) electrons. The van der Waals surface area contributed by atoms with Crippen LogP contribution < -0.4 is 21.7 Å². The molecule has 0 fully saturated rings. The number of hydrogen-bond acceptors (Lipinski definition) is 6. The van der Waals surface area contributed by atoms with Gasteiger partial charge < -0.3 is 31.9 Å². The Morgan fingerprint density at radius 3 is 2.03 bits per heavy atom. The van der Waals surface area contributed by atoms with Crippen LogP contribution in [0.15, 0.2) is 54.6 Å². The van der Waals surface area contributed by atoms with Crippen LogP contribution in [0.3, 0.4) is 0 Å². The molecule has 0 aliphatic carbocycles. The van der Waals surface area contributed by atoms with Gasteiger partial charge in [-0.05, 0) is 17.7 Å². The fourth-order valence-corrected chi connectivity index (χ4v) is 3.17. The molecule has 3 amide bonds. The number of amidine groups is 1. The topological polar surface area (TPSA) is 212 Å². The van der Waals surface area contributed by atoms with E-state index in [2.05, 4.69) is 16.0 Å². The average Bonchev–Trinajstić information content (AvgIpc) is 2.83. The molecule has 0 spiro atoms. The number of rotatable bonds is 13. The summed E-state index contributed by atoms with van der Waals surface area (Å²) in [4.78, 5) is 59.9.